The number of carbonyl (C=O) groups excluding carboxylic acids is 5. The molecule has 5 amide bonds. The Morgan fingerprint density at radius 2 is 1.67 bits per heavy atom. The van der Waals surface area contributed by atoms with E-state index in [-0.39, 0.29) is 30.1 Å². The van der Waals surface area contributed by atoms with Crippen molar-refractivity contribution in [3.8, 4) is 0 Å². The Kier molecular flexibility index (Phi) is 8.69. The molecule has 14 heteroatoms. The summed E-state index contributed by atoms with van der Waals surface area (Å²) in [4.78, 5) is 69.2. The summed E-state index contributed by atoms with van der Waals surface area (Å²) in [7, 11) is 2.28. The fourth-order valence-electron chi connectivity index (χ4n) is 5.06. The molecule has 39 heavy (non-hydrogen) atoms. The quantitative estimate of drug-likeness (QED) is 0.181. The van der Waals surface area contributed by atoms with E-state index in [1.54, 1.807) is 37.3 Å². The van der Waals surface area contributed by atoms with Gasteiger partial charge in [-0.2, -0.15) is 0 Å². The van der Waals surface area contributed by atoms with Crippen LogP contribution >= 0.6 is 0 Å². The van der Waals surface area contributed by atoms with Crippen LogP contribution in [0.4, 0.5) is 20.1 Å². The molecule has 0 aliphatic carbocycles. The van der Waals surface area contributed by atoms with Gasteiger partial charge in [-0.3, -0.25) is 15.2 Å². The van der Waals surface area contributed by atoms with Crippen LogP contribution in [0.15, 0.2) is 41.6 Å². The number of hydrogen-bond donors (Lipinski definition) is 3. The molecule has 1 fully saturated rings. The maximum Gasteiger partial charge on any atom is 0.425 e. The van der Waals surface area contributed by atoms with Gasteiger partial charge in [-0.25, -0.2) is 34.9 Å². The van der Waals surface area contributed by atoms with E-state index in [0.717, 1.165) is 24.1 Å². The number of amides is 5. The number of imide groups is 1. The molecule has 0 radical (unpaired) electrons. The van der Waals surface area contributed by atoms with Crippen molar-refractivity contribution < 1.29 is 38.2 Å². The van der Waals surface area contributed by atoms with Gasteiger partial charge in [0.05, 0.1) is 32.1 Å². The minimum Gasteiger partial charge on any atom is -0.466 e. The third kappa shape index (κ3) is 4.60. The summed E-state index contributed by atoms with van der Waals surface area (Å²) >= 11 is 0. The average molecular weight is 547 g/mol. The number of benzene rings is 1. The van der Waals surface area contributed by atoms with E-state index in [1.165, 1.54) is 18.7 Å². The summed E-state index contributed by atoms with van der Waals surface area (Å²) in [5.41, 5.74) is 3.73. The minimum atomic E-state index is -2.13. The van der Waals surface area contributed by atoms with Crippen LogP contribution < -0.4 is 21.2 Å². The lowest BCUT2D eigenvalue weighted by Crippen LogP contribution is -2.78. The van der Waals surface area contributed by atoms with E-state index < -0.39 is 41.3 Å². The zero-order valence-corrected chi connectivity index (χ0v) is 22.8. The zero-order chi connectivity index (χ0) is 29.0. The largest absolute Gasteiger partial charge is 0.466 e. The summed E-state index contributed by atoms with van der Waals surface area (Å²) in [6, 6.07) is 7.54. The monoisotopic (exact) mass is 546 g/mol. The first-order valence-corrected chi connectivity index (χ1v) is 12.4. The number of nitrogens with one attached hydrogen (secondary N) is 3. The van der Waals surface area contributed by atoms with E-state index in [2.05, 4.69) is 16.3 Å². The molecule has 2 atom stereocenters. The predicted molar refractivity (Wildman–Crippen MR) is 137 cm³/mol. The molecule has 3 rings (SSSR count). The van der Waals surface area contributed by atoms with Crippen LogP contribution in [0, 0.1) is 0 Å². The number of para-hydroxylation sites is 1. The van der Waals surface area contributed by atoms with Gasteiger partial charge in [0.25, 0.3) is 5.91 Å². The lowest BCUT2D eigenvalue weighted by atomic mass is 9.78. The van der Waals surface area contributed by atoms with Crippen molar-refractivity contribution in [2.45, 2.75) is 51.7 Å². The number of unbranched alkanes of at least 4 members (excludes halogenated alkanes) is 1. The molecule has 0 bridgehead atoms. The minimum absolute atomic E-state index is 0.0476. The van der Waals surface area contributed by atoms with Crippen LogP contribution in [-0.2, 0) is 23.8 Å². The first-order valence-electron chi connectivity index (χ1n) is 12.4. The van der Waals surface area contributed by atoms with Crippen LogP contribution in [0.5, 0.6) is 0 Å². The van der Waals surface area contributed by atoms with Crippen molar-refractivity contribution >= 4 is 35.8 Å². The number of rotatable bonds is 9. The normalized spacial score (nSPS) is 22.5. The SMILES string of the molecule is CCCCN1C(=O)N(c2ccccc2)C(=O)C12C(C(=O)OC)=C(C)N(NC(=O)OC)C2(C)NNC(=O)OCC. The van der Waals surface area contributed by atoms with Gasteiger partial charge in [-0.05, 0) is 39.3 Å². The van der Waals surface area contributed by atoms with Crippen molar-refractivity contribution in [3.63, 3.8) is 0 Å². The Hall–Kier alpha value is -4.33. The highest BCUT2D eigenvalue weighted by Crippen LogP contribution is 2.52. The third-order valence-electron chi connectivity index (χ3n) is 6.76. The molecule has 212 valence electrons. The maximum absolute atomic E-state index is 14.6. The molecule has 2 aliphatic heterocycles. The van der Waals surface area contributed by atoms with E-state index in [0.29, 0.717) is 12.8 Å². The molecule has 1 aromatic rings. The molecule has 2 aliphatic rings. The fraction of sp³-hybridized carbons (Fsp3) is 0.480. The van der Waals surface area contributed by atoms with Crippen molar-refractivity contribution in [1.82, 2.24) is 26.2 Å². The van der Waals surface area contributed by atoms with Gasteiger partial charge in [-0.15, -0.1) is 0 Å². The first kappa shape index (κ1) is 29.2. The predicted octanol–water partition coefficient (Wildman–Crippen LogP) is 1.99. The van der Waals surface area contributed by atoms with Gasteiger partial charge < -0.3 is 19.1 Å². The second kappa shape index (κ2) is 11.6. The van der Waals surface area contributed by atoms with Gasteiger partial charge in [0.15, 0.2) is 11.2 Å². The number of carbonyl (C=O) groups is 5. The molecule has 0 aromatic heterocycles. The van der Waals surface area contributed by atoms with Crippen LogP contribution in [-0.4, -0.2) is 78.6 Å². The van der Waals surface area contributed by atoms with E-state index in [9.17, 15) is 24.0 Å². The van der Waals surface area contributed by atoms with Crippen LogP contribution in [0.1, 0.15) is 40.5 Å². The molecule has 14 nitrogen and oxygen atoms in total. The average Bonchev–Trinajstić information content (AvgIpc) is 3.26. The summed E-state index contributed by atoms with van der Waals surface area (Å²) in [6.07, 6.45) is -0.697. The Morgan fingerprint density at radius 3 is 2.23 bits per heavy atom. The topological polar surface area (TPSA) is 159 Å². The number of nitrogens with zero attached hydrogens (tertiary/aromatic N) is 3. The first-order chi connectivity index (χ1) is 18.6. The number of hydrogen-bond acceptors (Lipinski definition) is 10. The molecule has 1 aromatic carbocycles. The standard InChI is InChI=1S/C25H34N6O8/c1-7-9-15-29-23(36)30(17-13-11-10-12-14-17)20(33)25(29)18(19(32)37-5)16(3)31(27-22(35)38-6)24(25,4)28-26-21(34)39-8-2/h10-14,28H,7-9,15H2,1-6H3,(H,26,34)(H,27,35). The van der Waals surface area contributed by atoms with Gasteiger partial charge in [0.1, 0.15) is 0 Å². The van der Waals surface area contributed by atoms with E-state index >= 15 is 0 Å². The Balaban J connectivity index is 2.36. The molecule has 2 unspecified atom stereocenters. The number of allylic oxidation sites excluding steroid dienone is 1. The van der Waals surface area contributed by atoms with E-state index in [4.69, 9.17) is 14.2 Å². The molecule has 1 saturated heterocycles. The summed E-state index contributed by atoms with van der Waals surface area (Å²) in [5.74, 6) is -1.72. The highest BCUT2D eigenvalue weighted by atomic mass is 16.6. The molecular weight excluding hydrogens is 512 g/mol. The molecule has 3 N–H and O–H groups in total. The summed E-state index contributed by atoms with van der Waals surface area (Å²) in [6.45, 7) is 6.54. The highest BCUT2D eigenvalue weighted by molar-refractivity contribution is 6.28. The van der Waals surface area contributed by atoms with Gasteiger partial charge in [-0.1, -0.05) is 31.5 Å². The molecular formula is C25H34N6O8. The maximum atomic E-state index is 14.6. The molecule has 0 saturated carbocycles. The number of methoxy groups -OCH3 is 2. The van der Waals surface area contributed by atoms with Crippen LogP contribution in [0.3, 0.4) is 0 Å². The highest BCUT2D eigenvalue weighted by Gasteiger charge is 2.76. The van der Waals surface area contributed by atoms with Crippen molar-refractivity contribution in [2.75, 3.05) is 32.3 Å². The zero-order valence-electron chi connectivity index (χ0n) is 22.8. The van der Waals surface area contributed by atoms with Gasteiger partial charge >= 0.3 is 24.2 Å². The van der Waals surface area contributed by atoms with Crippen molar-refractivity contribution in [1.29, 1.82) is 0 Å². The smallest absolute Gasteiger partial charge is 0.425 e. The Morgan fingerprint density at radius 1 is 1.00 bits per heavy atom. The third-order valence-corrected chi connectivity index (χ3v) is 6.76. The summed E-state index contributed by atoms with van der Waals surface area (Å²) in [5, 5.41) is 1.16. The number of esters is 1. The van der Waals surface area contributed by atoms with E-state index in [1.807, 2.05) is 6.92 Å². The Bertz CT molecular complexity index is 1170. The van der Waals surface area contributed by atoms with Crippen molar-refractivity contribution in [2.24, 2.45) is 0 Å². The number of ether oxygens (including phenoxy) is 3. The number of urea groups is 1. The summed E-state index contributed by atoms with van der Waals surface area (Å²) < 4.78 is 14.8. The fourth-order valence-corrected chi connectivity index (χ4v) is 5.06. The van der Waals surface area contributed by atoms with Crippen LogP contribution in [0.2, 0.25) is 0 Å². The second-order valence-corrected chi connectivity index (χ2v) is 8.91. The second-order valence-electron chi connectivity index (χ2n) is 8.91. The number of hydrazine groups is 2. The van der Waals surface area contributed by atoms with Crippen LogP contribution in [0.25, 0.3) is 0 Å². The number of anilines is 1. The Labute approximate surface area is 226 Å². The molecule has 2 heterocycles. The van der Waals surface area contributed by atoms with Gasteiger partial charge in [0, 0.05) is 12.2 Å². The van der Waals surface area contributed by atoms with Gasteiger partial charge in [0.2, 0.25) is 0 Å². The lowest BCUT2D eigenvalue weighted by molar-refractivity contribution is -0.142. The molecule has 1 spiro atoms. The lowest BCUT2D eigenvalue weighted by Gasteiger charge is -2.48. The van der Waals surface area contributed by atoms with Crippen molar-refractivity contribution in [3.05, 3.63) is 41.6 Å².